The number of hydrogen-bond donors (Lipinski definition) is 0. The molecule has 0 spiro atoms. The first-order chi connectivity index (χ1) is 4.67. The molecule has 0 radical (unpaired) electrons. The molecule has 0 rings (SSSR count). The molecule has 0 amide bonds. The summed E-state index contributed by atoms with van der Waals surface area (Å²) in [5, 5.41) is 0. The fourth-order valence-electron chi connectivity index (χ4n) is 0.512. The molecule has 66 valence electrons. The molecule has 0 heterocycles. The van der Waals surface area contributed by atoms with Crippen molar-refractivity contribution >= 4 is 21.4 Å². The fraction of sp³-hybridized carbons (Fsp3) is 0.857. The Morgan fingerprint density at radius 2 is 1.45 bits per heavy atom. The van der Waals surface area contributed by atoms with E-state index < -0.39 is 15.4 Å². The summed E-state index contributed by atoms with van der Waals surface area (Å²) in [6.07, 6.45) is 0. The molecule has 0 aliphatic heterocycles. The summed E-state index contributed by atoms with van der Waals surface area (Å²) < 4.78 is 5.36. The normalized spacial score (nSPS) is 12.9. The molecule has 0 aliphatic carbocycles. The highest BCUT2D eigenvalue weighted by atomic mass is 29.3. The van der Waals surface area contributed by atoms with Gasteiger partial charge in [0.15, 0.2) is 0 Å². The maximum absolute atomic E-state index is 10.7. The monoisotopic (exact) mass is 190 g/mol. The van der Waals surface area contributed by atoms with Crippen LogP contribution in [-0.4, -0.2) is 21.4 Å². The Labute approximate surface area is 70.9 Å². The Morgan fingerprint density at radius 3 is 1.55 bits per heavy atom. The van der Waals surface area contributed by atoms with E-state index in [0.29, 0.717) is 0 Å². The van der Waals surface area contributed by atoms with Crippen molar-refractivity contribution in [3.8, 4) is 0 Å². The fourth-order valence-corrected chi connectivity index (χ4v) is 2.89. The Balaban J connectivity index is 4.34. The van der Waals surface area contributed by atoms with Gasteiger partial charge in [0.1, 0.15) is 0 Å². The third-order valence-corrected chi connectivity index (χ3v) is 17.8. The van der Waals surface area contributed by atoms with Crippen LogP contribution in [0.4, 0.5) is 0 Å². The lowest BCUT2D eigenvalue weighted by Crippen LogP contribution is -2.55. The van der Waals surface area contributed by atoms with E-state index in [9.17, 15) is 4.79 Å². The van der Waals surface area contributed by atoms with Crippen molar-refractivity contribution in [2.24, 2.45) is 0 Å². The van der Waals surface area contributed by atoms with Crippen molar-refractivity contribution in [2.45, 2.75) is 39.7 Å². The lowest BCUT2D eigenvalue weighted by Gasteiger charge is -2.33. The summed E-state index contributed by atoms with van der Waals surface area (Å²) in [5.74, 6) is -0.121. The molecule has 0 aromatic carbocycles. The highest BCUT2D eigenvalue weighted by molar-refractivity contribution is 7.38. The van der Waals surface area contributed by atoms with Gasteiger partial charge in [0.2, 0.25) is 7.83 Å². The first kappa shape index (κ1) is 10.9. The molecule has 0 atom stereocenters. The maximum Gasteiger partial charge on any atom is 0.289 e. The summed E-state index contributed by atoms with van der Waals surface area (Å²) in [6.45, 7) is 12.5. The zero-order valence-electron chi connectivity index (χ0n) is 8.32. The molecule has 0 fully saturated rings. The first-order valence-corrected chi connectivity index (χ1v) is 11.3. The lowest BCUT2D eigenvalue weighted by atomic mass is 10.9. The first-order valence-electron chi connectivity index (χ1n) is 3.86. The summed E-state index contributed by atoms with van der Waals surface area (Å²) in [6, 6.07) is 0. The van der Waals surface area contributed by atoms with Crippen LogP contribution in [0.2, 0.25) is 32.7 Å². The van der Waals surface area contributed by atoms with Gasteiger partial charge in [-0.2, -0.15) is 0 Å². The highest BCUT2D eigenvalue weighted by Crippen LogP contribution is 2.19. The van der Waals surface area contributed by atoms with Crippen LogP contribution >= 0.6 is 0 Å². The van der Waals surface area contributed by atoms with Crippen LogP contribution in [0, 0.1) is 0 Å². The smallest absolute Gasteiger partial charge is 0.289 e. The third kappa shape index (κ3) is 3.20. The van der Waals surface area contributed by atoms with E-state index in [1.54, 1.807) is 0 Å². The number of carbonyl (C=O) groups excluding carboxylic acids is 1. The number of rotatable bonds is 2. The van der Waals surface area contributed by atoms with Gasteiger partial charge in [-0.05, 0) is 13.1 Å². The van der Waals surface area contributed by atoms with Gasteiger partial charge in [-0.3, -0.25) is 4.79 Å². The number of carbonyl (C=O) groups is 1. The summed E-state index contributed by atoms with van der Waals surface area (Å²) in [4.78, 5) is 10.7. The third-order valence-electron chi connectivity index (χ3n) is 2.21. The SMILES string of the molecule is CC(=O)O[Si](C)(C)[Si](C)(C)C. The molecular weight excluding hydrogens is 172 g/mol. The van der Waals surface area contributed by atoms with Crippen molar-refractivity contribution < 1.29 is 9.22 Å². The molecule has 0 saturated carbocycles. The lowest BCUT2D eigenvalue weighted by molar-refractivity contribution is -0.132. The van der Waals surface area contributed by atoms with E-state index in [2.05, 4.69) is 32.7 Å². The summed E-state index contributed by atoms with van der Waals surface area (Å²) in [5.41, 5.74) is 0. The minimum atomic E-state index is -1.68. The van der Waals surface area contributed by atoms with E-state index in [4.69, 9.17) is 4.43 Å². The summed E-state index contributed by atoms with van der Waals surface area (Å²) in [7, 11) is -2.93. The Morgan fingerprint density at radius 1 is 1.09 bits per heavy atom. The van der Waals surface area contributed by atoms with E-state index in [1.807, 2.05) is 0 Å². The molecule has 0 aromatic rings. The number of hydrogen-bond acceptors (Lipinski definition) is 2. The van der Waals surface area contributed by atoms with Gasteiger partial charge in [-0.15, -0.1) is 0 Å². The van der Waals surface area contributed by atoms with Crippen LogP contribution in [0.1, 0.15) is 6.92 Å². The Bertz CT molecular complexity index is 158. The van der Waals surface area contributed by atoms with E-state index >= 15 is 0 Å². The molecule has 0 unspecified atom stereocenters. The molecule has 11 heavy (non-hydrogen) atoms. The average molecular weight is 190 g/mol. The minimum absolute atomic E-state index is 0.121. The second-order valence-corrected chi connectivity index (χ2v) is 20.2. The van der Waals surface area contributed by atoms with Crippen molar-refractivity contribution in [1.29, 1.82) is 0 Å². The molecular formula is C7H18O2Si2. The van der Waals surface area contributed by atoms with Gasteiger partial charge >= 0.3 is 0 Å². The van der Waals surface area contributed by atoms with Crippen LogP contribution < -0.4 is 0 Å². The Kier molecular flexibility index (Phi) is 3.08. The zero-order valence-corrected chi connectivity index (χ0v) is 10.3. The van der Waals surface area contributed by atoms with Crippen LogP contribution in [-0.2, 0) is 9.22 Å². The molecule has 0 saturated heterocycles. The predicted molar refractivity (Wildman–Crippen MR) is 52.6 cm³/mol. The van der Waals surface area contributed by atoms with Gasteiger partial charge in [0.05, 0.1) is 7.59 Å². The Hall–Kier alpha value is -0.0962. The highest BCUT2D eigenvalue weighted by Gasteiger charge is 2.41. The molecule has 2 nitrogen and oxygen atoms in total. The standard InChI is InChI=1S/C7H18O2Si2/c1-7(8)9-11(5,6)10(2,3)4/h1-6H3. The second kappa shape index (κ2) is 3.10. The van der Waals surface area contributed by atoms with Crippen molar-refractivity contribution in [3.63, 3.8) is 0 Å². The van der Waals surface area contributed by atoms with Gasteiger partial charge in [-0.25, -0.2) is 0 Å². The van der Waals surface area contributed by atoms with E-state index in [-0.39, 0.29) is 5.97 Å². The van der Waals surface area contributed by atoms with Crippen molar-refractivity contribution in [3.05, 3.63) is 0 Å². The average Bonchev–Trinajstić information content (AvgIpc) is 1.56. The second-order valence-electron chi connectivity index (χ2n) is 4.35. The quantitative estimate of drug-likeness (QED) is 0.624. The van der Waals surface area contributed by atoms with Gasteiger partial charge in [-0.1, -0.05) is 19.6 Å². The van der Waals surface area contributed by atoms with Crippen LogP contribution in [0.25, 0.3) is 0 Å². The molecule has 0 aliphatic rings. The topological polar surface area (TPSA) is 26.3 Å². The van der Waals surface area contributed by atoms with E-state index in [1.165, 1.54) is 6.92 Å². The molecule has 0 N–H and O–H groups in total. The van der Waals surface area contributed by atoms with Crippen molar-refractivity contribution in [2.75, 3.05) is 0 Å². The van der Waals surface area contributed by atoms with Crippen LogP contribution in [0.3, 0.4) is 0 Å². The van der Waals surface area contributed by atoms with Gasteiger partial charge < -0.3 is 4.43 Å². The van der Waals surface area contributed by atoms with Gasteiger partial charge in [0, 0.05) is 6.92 Å². The zero-order chi connectivity index (χ0) is 9.28. The van der Waals surface area contributed by atoms with Crippen molar-refractivity contribution in [1.82, 2.24) is 0 Å². The maximum atomic E-state index is 10.7. The van der Waals surface area contributed by atoms with E-state index in [0.717, 1.165) is 0 Å². The van der Waals surface area contributed by atoms with Gasteiger partial charge in [0.25, 0.3) is 5.97 Å². The predicted octanol–water partition coefficient (Wildman–Crippen LogP) is 2.17. The summed E-state index contributed by atoms with van der Waals surface area (Å²) >= 11 is 0. The van der Waals surface area contributed by atoms with Crippen LogP contribution in [0.5, 0.6) is 0 Å². The van der Waals surface area contributed by atoms with Crippen LogP contribution in [0.15, 0.2) is 0 Å². The molecule has 4 heteroatoms. The molecule has 0 bridgehead atoms. The minimum Gasteiger partial charge on any atom is -0.523 e. The largest absolute Gasteiger partial charge is 0.523 e. The molecule has 0 aromatic heterocycles.